The van der Waals surface area contributed by atoms with Gasteiger partial charge in [-0.25, -0.2) is 0 Å². The smallest absolute Gasteiger partial charge is 0.306 e. The first kappa shape index (κ1) is 3.46. The van der Waals surface area contributed by atoms with Crippen LogP contribution in [0, 0.1) is 11.8 Å². The highest BCUT2D eigenvalue weighted by molar-refractivity contribution is 5.69. The number of rotatable bonds is 2. The van der Waals surface area contributed by atoms with Crippen LogP contribution in [0.3, 0.4) is 0 Å². The molecule has 0 unspecified atom stereocenters. The molecule has 0 heterocycles. The van der Waals surface area contributed by atoms with E-state index in [4.69, 9.17) is 13.3 Å². The van der Waals surface area contributed by atoms with Crippen molar-refractivity contribution < 1.29 is 18.1 Å². The molecule has 2 nitrogen and oxygen atoms in total. The third kappa shape index (κ3) is 2.21. The van der Waals surface area contributed by atoms with Crippen LogP contribution in [0.25, 0.3) is 0 Å². The molecule has 0 radical (unpaired) electrons. The van der Waals surface area contributed by atoms with Crippen LogP contribution < -0.4 is 0 Å². The maximum atomic E-state index is 10.7. The summed E-state index contributed by atoms with van der Waals surface area (Å²) in [5.74, 6) is -3.26. The second kappa shape index (κ2) is 3.74. The van der Waals surface area contributed by atoms with E-state index in [1.165, 1.54) is 0 Å². The summed E-state index contributed by atoms with van der Waals surface area (Å²) in [6, 6.07) is 0. The molecule has 1 N–H and O–H groups in total. The minimum atomic E-state index is -2.86. The van der Waals surface area contributed by atoms with Crippen LogP contribution in [-0.2, 0) is 4.79 Å². The molecule has 1 rings (SSSR count). The summed E-state index contributed by atoms with van der Waals surface area (Å²) in [7, 11) is 0. The monoisotopic (exact) mass is 162 g/mol. The number of carbonyl (C=O) groups is 1. The maximum Gasteiger partial charge on any atom is 0.306 e. The molecule has 0 saturated heterocycles. The molecule has 11 heavy (non-hydrogen) atoms. The average Bonchev–Trinajstić information content (AvgIpc) is 2.16. The Morgan fingerprint density at radius 3 is 2.82 bits per heavy atom. The number of hydrogen-bond acceptors (Lipinski definition) is 1. The molecular formula is C9H16O2. The van der Waals surface area contributed by atoms with Crippen molar-refractivity contribution in [2.45, 2.75) is 38.9 Å². The van der Waals surface area contributed by atoms with Crippen molar-refractivity contribution >= 4 is 5.97 Å². The van der Waals surface area contributed by atoms with Gasteiger partial charge in [-0.05, 0) is 31.6 Å². The molecule has 0 aromatic rings. The van der Waals surface area contributed by atoms with E-state index in [2.05, 4.69) is 0 Å². The molecule has 64 valence electrons. The quantitative estimate of drug-likeness (QED) is 0.676. The summed E-state index contributed by atoms with van der Waals surface area (Å²) in [4.78, 5) is 10.7. The number of aliphatic carboxylic acids is 1. The van der Waals surface area contributed by atoms with Gasteiger partial charge in [0.25, 0.3) is 0 Å². The lowest BCUT2D eigenvalue weighted by Crippen LogP contribution is -2.20. The molecule has 0 amide bonds. The Morgan fingerprint density at radius 2 is 2.36 bits per heavy atom. The van der Waals surface area contributed by atoms with Crippen molar-refractivity contribution in [2.24, 2.45) is 11.8 Å². The van der Waals surface area contributed by atoms with Crippen molar-refractivity contribution in [3.8, 4) is 0 Å². The molecular weight excluding hydrogens is 140 g/mol. The summed E-state index contributed by atoms with van der Waals surface area (Å²) < 4.78 is 44.7. The summed E-state index contributed by atoms with van der Waals surface area (Å²) in [5, 5.41) is 8.81. The zero-order valence-electron chi connectivity index (χ0n) is 12.3. The summed E-state index contributed by atoms with van der Waals surface area (Å²) >= 11 is 0. The van der Waals surface area contributed by atoms with Crippen molar-refractivity contribution in [1.29, 1.82) is 0 Å². The van der Waals surface area contributed by atoms with Crippen LogP contribution >= 0.6 is 0 Å². The zero-order chi connectivity index (χ0) is 13.5. The van der Waals surface area contributed by atoms with Crippen LogP contribution in [0.1, 0.15) is 47.1 Å². The van der Waals surface area contributed by atoms with Gasteiger partial charge in [0.15, 0.2) is 0 Å². The molecule has 1 aliphatic carbocycles. The molecule has 2 heteroatoms. The summed E-state index contributed by atoms with van der Waals surface area (Å²) in [5.41, 5.74) is 0. The topological polar surface area (TPSA) is 37.3 Å². The fourth-order valence-corrected chi connectivity index (χ4v) is 1.34. The van der Waals surface area contributed by atoms with E-state index in [0.29, 0.717) is 0 Å². The fourth-order valence-electron chi connectivity index (χ4n) is 1.34. The van der Waals surface area contributed by atoms with Crippen molar-refractivity contribution in [3.63, 3.8) is 0 Å². The van der Waals surface area contributed by atoms with Crippen LogP contribution in [-0.4, -0.2) is 11.1 Å². The first-order valence-corrected chi connectivity index (χ1v) is 3.74. The molecule has 0 aliphatic heterocycles. The minimum absolute atomic E-state index is 0.0324. The van der Waals surface area contributed by atoms with Crippen LogP contribution in [0.2, 0.25) is 0 Å². The van der Waals surface area contributed by atoms with Crippen molar-refractivity contribution in [1.82, 2.24) is 0 Å². The molecule has 1 aliphatic rings. The van der Waals surface area contributed by atoms with Gasteiger partial charge in [0.1, 0.15) is 0 Å². The Kier molecular flexibility index (Phi) is 1.18. The van der Waals surface area contributed by atoms with Gasteiger partial charge >= 0.3 is 5.97 Å². The third-order valence-corrected chi connectivity index (χ3v) is 2.12. The second-order valence-electron chi connectivity index (χ2n) is 2.84. The SMILES string of the molecule is [2H]C([2H])([2H])C([2H])([2H])C1([2H])CCC(C(=O)O)CC1. The minimum Gasteiger partial charge on any atom is -0.481 e. The molecule has 0 aromatic carbocycles. The van der Waals surface area contributed by atoms with Crippen LogP contribution in [0.5, 0.6) is 0 Å². The molecule has 1 saturated carbocycles. The highest BCUT2D eigenvalue weighted by atomic mass is 16.4. The van der Waals surface area contributed by atoms with Gasteiger partial charge in [0.2, 0.25) is 0 Å². The van der Waals surface area contributed by atoms with E-state index in [9.17, 15) is 4.79 Å². The van der Waals surface area contributed by atoms with Crippen LogP contribution in [0.4, 0.5) is 0 Å². The van der Waals surface area contributed by atoms with Crippen molar-refractivity contribution in [3.05, 3.63) is 0 Å². The molecule has 0 spiro atoms. The van der Waals surface area contributed by atoms with E-state index in [0.717, 1.165) is 0 Å². The molecule has 0 atom stereocenters. The predicted octanol–water partition coefficient (Wildman–Crippen LogP) is 2.29. The lowest BCUT2D eigenvalue weighted by molar-refractivity contribution is -0.143. The van der Waals surface area contributed by atoms with E-state index in [-0.39, 0.29) is 25.7 Å². The normalized spacial score (nSPS) is 48.9. The van der Waals surface area contributed by atoms with E-state index in [1.54, 1.807) is 0 Å². The Labute approximate surface area is 76.0 Å². The van der Waals surface area contributed by atoms with E-state index in [1.807, 2.05) is 0 Å². The van der Waals surface area contributed by atoms with Crippen LogP contribution in [0.15, 0.2) is 0 Å². The summed E-state index contributed by atoms with van der Waals surface area (Å²) in [6.45, 7) is -2.86. The highest BCUT2D eigenvalue weighted by Gasteiger charge is 2.24. The second-order valence-corrected chi connectivity index (χ2v) is 2.84. The maximum absolute atomic E-state index is 10.7. The first-order valence-electron chi connectivity index (χ1n) is 6.74. The van der Waals surface area contributed by atoms with Gasteiger partial charge < -0.3 is 5.11 Å². The largest absolute Gasteiger partial charge is 0.481 e. The van der Waals surface area contributed by atoms with Gasteiger partial charge in [0, 0.05) is 8.22 Å². The molecule has 0 aromatic heterocycles. The van der Waals surface area contributed by atoms with Gasteiger partial charge in [-0.3, -0.25) is 4.79 Å². The average molecular weight is 162 g/mol. The van der Waals surface area contributed by atoms with E-state index < -0.39 is 31.0 Å². The number of carboxylic acids is 1. The molecule has 1 fully saturated rings. The lowest BCUT2D eigenvalue weighted by atomic mass is 9.81. The first-order chi connectivity index (χ1) is 7.51. The van der Waals surface area contributed by atoms with Crippen molar-refractivity contribution in [2.75, 3.05) is 0 Å². The number of carboxylic acid groups (broad SMARTS) is 1. The Morgan fingerprint density at radius 1 is 1.73 bits per heavy atom. The van der Waals surface area contributed by atoms with Gasteiger partial charge in [-0.15, -0.1) is 0 Å². The van der Waals surface area contributed by atoms with E-state index >= 15 is 0 Å². The number of hydrogen-bond donors (Lipinski definition) is 1. The van der Waals surface area contributed by atoms with Gasteiger partial charge in [0.05, 0.1) is 5.92 Å². The Bertz CT molecular complexity index is 303. The molecule has 0 bridgehead atoms. The zero-order valence-corrected chi connectivity index (χ0v) is 6.26. The Hall–Kier alpha value is -0.530. The van der Waals surface area contributed by atoms with Gasteiger partial charge in [-0.1, -0.05) is 13.2 Å². The predicted molar refractivity (Wildman–Crippen MR) is 43.4 cm³/mol. The van der Waals surface area contributed by atoms with Gasteiger partial charge in [-0.2, -0.15) is 0 Å². The third-order valence-electron chi connectivity index (χ3n) is 2.12. The lowest BCUT2D eigenvalue weighted by Gasteiger charge is -2.24. The Balaban J connectivity index is 2.83. The summed E-state index contributed by atoms with van der Waals surface area (Å²) in [6.07, 6.45) is -2.35. The highest BCUT2D eigenvalue weighted by Crippen LogP contribution is 2.30. The fraction of sp³-hybridized carbons (Fsp3) is 0.889. The standard InChI is InChI=1S/C9H16O2/c1-2-7-3-5-8(6-4-7)9(10)11/h7-8H,2-6H2,1H3,(H,10,11)/i1D3,2D2,7D.